The Hall–Kier alpha value is -1.37. The molecule has 1 saturated heterocycles. The minimum absolute atomic E-state index is 0.699. The number of aliphatic imine (C=N–C) groups is 1. The fourth-order valence-electron chi connectivity index (χ4n) is 3.31. The van der Waals surface area contributed by atoms with Crippen LogP contribution in [0.3, 0.4) is 0 Å². The summed E-state index contributed by atoms with van der Waals surface area (Å²) in [5, 5.41) is 11.2. The van der Waals surface area contributed by atoms with Crippen LogP contribution < -0.4 is 10.6 Å². The molecular weight excluding hydrogens is 348 g/mol. The van der Waals surface area contributed by atoms with E-state index in [1.807, 2.05) is 29.7 Å². The molecule has 2 aromatic rings. The summed E-state index contributed by atoms with van der Waals surface area (Å²) in [4.78, 5) is 9.84. The van der Waals surface area contributed by atoms with Gasteiger partial charge in [-0.2, -0.15) is 0 Å². The number of piperidine rings is 1. The highest BCUT2D eigenvalue weighted by Crippen LogP contribution is 2.19. The smallest absolute Gasteiger partial charge is 0.190 e. The van der Waals surface area contributed by atoms with Crippen LogP contribution in [0.1, 0.15) is 22.6 Å². The monoisotopic (exact) mass is 376 g/mol. The molecule has 2 aromatic heterocycles. The third-order valence-electron chi connectivity index (χ3n) is 4.59. The van der Waals surface area contributed by atoms with Crippen molar-refractivity contribution in [3.8, 4) is 0 Å². The lowest BCUT2D eigenvalue weighted by Gasteiger charge is -2.32. The Morgan fingerprint density at radius 2 is 2.00 bits per heavy atom. The van der Waals surface area contributed by atoms with E-state index in [0.717, 1.165) is 32.0 Å². The SMILES string of the molecule is CN=C(NCCc1cccs1)NCC1CCCN(Cc2cccs2)C1. The van der Waals surface area contributed by atoms with Crippen LogP contribution >= 0.6 is 22.7 Å². The van der Waals surface area contributed by atoms with Gasteiger partial charge in [0.2, 0.25) is 0 Å². The molecule has 2 N–H and O–H groups in total. The number of nitrogens with one attached hydrogen (secondary N) is 2. The van der Waals surface area contributed by atoms with Crippen LogP contribution in [0.5, 0.6) is 0 Å². The molecule has 1 atom stereocenters. The lowest BCUT2D eigenvalue weighted by atomic mass is 9.98. The van der Waals surface area contributed by atoms with Crippen molar-refractivity contribution in [2.24, 2.45) is 10.9 Å². The molecule has 6 heteroatoms. The number of hydrogen-bond donors (Lipinski definition) is 2. The second kappa shape index (κ2) is 9.94. The maximum atomic E-state index is 4.36. The normalized spacial score (nSPS) is 19.1. The molecule has 3 rings (SSSR count). The van der Waals surface area contributed by atoms with Gasteiger partial charge in [0.15, 0.2) is 5.96 Å². The predicted octanol–water partition coefficient (Wildman–Crippen LogP) is 3.43. The topological polar surface area (TPSA) is 39.7 Å². The van der Waals surface area contributed by atoms with Crippen molar-refractivity contribution in [3.05, 3.63) is 44.8 Å². The maximum absolute atomic E-state index is 4.36. The Morgan fingerprint density at radius 1 is 1.20 bits per heavy atom. The average Bonchev–Trinajstić information content (AvgIpc) is 3.32. The van der Waals surface area contributed by atoms with Crippen LogP contribution in [0.25, 0.3) is 0 Å². The third-order valence-corrected chi connectivity index (χ3v) is 6.39. The van der Waals surface area contributed by atoms with Crippen molar-refractivity contribution >= 4 is 28.6 Å². The molecule has 136 valence electrons. The highest BCUT2D eigenvalue weighted by molar-refractivity contribution is 7.10. The Kier molecular flexibility index (Phi) is 7.33. The second-order valence-electron chi connectivity index (χ2n) is 6.53. The first-order valence-electron chi connectivity index (χ1n) is 9.05. The highest BCUT2D eigenvalue weighted by Gasteiger charge is 2.20. The number of likely N-dealkylation sites (tertiary alicyclic amines) is 1. The number of nitrogens with zero attached hydrogens (tertiary/aromatic N) is 2. The van der Waals surface area contributed by atoms with Crippen molar-refractivity contribution in [2.45, 2.75) is 25.8 Å². The summed E-state index contributed by atoms with van der Waals surface area (Å²) in [6.45, 7) is 5.43. The molecule has 1 unspecified atom stereocenters. The summed E-state index contributed by atoms with van der Waals surface area (Å²) >= 11 is 3.68. The summed E-state index contributed by atoms with van der Waals surface area (Å²) in [7, 11) is 1.85. The van der Waals surface area contributed by atoms with Crippen LogP contribution in [-0.4, -0.2) is 44.1 Å². The molecule has 4 nitrogen and oxygen atoms in total. The molecule has 25 heavy (non-hydrogen) atoms. The van der Waals surface area contributed by atoms with Gasteiger partial charge in [-0.05, 0) is 54.6 Å². The maximum Gasteiger partial charge on any atom is 0.190 e. The quantitative estimate of drug-likeness (QED) is 0.574. The van der Waals surface area contributed by atoms with Crippen molar-refractivity contribution in [1.82, 2.24) is 15.5 Å². The standard InChI is InChI=1S/C19H28N4S2/c1-20-19(21-9-8-17-6-3-11-24-17)22-13-16-5-2-10-23(14-16)15-18-7-4-12-25-18/h3-4,6-7,11-12,16H,2,5,8-10,13-15H2,1H3,(H2,20,21,22). The van der Waals surface area contributed by atoms with Gasteiger partial charge in [0.05, 0.1) is 0 Å². The van der Waals surface area contributed by atoms with E-state index in [1.165, 1.54) is 35.7 Å². The molecule has 0 bridgehead atoms. The van der Waals surface area contributed by atoms with Gasteiger partial charge in [-0.25, -0.2) is 0 Å². The zero-order chi connectivity index (χ0) is 17.3. The van der Waals surface area contributed by atoms with E-state index in [-0.39, 0.29) is 0 Å². The van der Waals surface area contributed by atoms with E-state index in [2.05, 4.69) is 55.6 Å². The van der Waals surface area contributed by atoms with E-state index in [9.17, 15) is 0 Å². The molecule has 1 aliphatic heterocycles. The van der Waals surface area contributed by atoms with Crippen molar-refractivity contribution < 1.29 is 0 Å². The van der Waals surface area contributed by atoms with Crippen molar-refractivity contribution in [1.29, 1.82) is 0 Å². The summed E-state index contributed by atoms with van der Waals surface area (Å²) in [6.07, 6.45) is 3.65. The van der Waals surface area contributed by atoms with Gasteiger partial charge < -0.3 is 10.6 Å². The Morgan fingerprint density at radius 3 is 2.72 bits per heavy atom. The van der Waals surface area contributed by atoms with Gasteiger partial charge >= 0.3 is 0 Å². The fraction of sp³-hybridized carbons (Fsp3) is 0.526. The molecule has 0 saturated carbocycles. The van der Waals surface area contributed by atoms with Crippen LogP contribution in [0.15, 0.2) is 40.0 Å². The first-order chi connectivity index (χ1) is 12.3. The van der Waals surface area contributed by atoms with Crippen LogP contribution in [-0.2, 0) is 13.0 Å². The molecule has 0 spiro atoms. The van der Waals surface area contributed by atoms with Gasteiger partial charge in [-0.3, -0.25) is 9.89 Å². The summed E-state index contributed by atoms with van der Waals surface area (Å²) in [5.74, 6) is 1.62. The first kappa shape index (κ1) is 18.4. The van der Waals surface area contributed by atoms with Gasteiger partial charge in [-0.15, -0.1) is 22.7 Å². The summed E-state index contributed by atoms with van der Waals surface area (Å²) < 4.78 is 0. The van der Waals surface area contributed by atoms with Crippen LogP contribution in [0, 0.1) is 5.92 Å². The third kappa shape index (κ3) is 6.13. The second-order valence-corrected chi connectivity index (χ2v) is 8.60. The number of guanidine groups is 1. The van der Waals surface area contributed by atoms with Gasteiger partial charge in [0, 0.05) is 43.0 Å². The summed E-state index contributed by atoms with van der Waals surface area (Å²) in [5.41, 5.74) is 0. The molecule has 1 fully saturated rings. The highest BCUT2D eigenvalue weighted by atomic mass is 32.1. The van der Waals surface area contributed by atoms with Gasteiger partial charge in [0.1, 0.15) is 0 Å². The number of thiophene rings is 2. The fourth-order valence-corrected chi connectivity index (χ4v) is 4.76. The molecule has 0 amide bonds. The summed E-state index contributed by atoms with van der Waals surface area (Å²) in [6, 6.07) is 8.69. The van der Waals surface area contributed by atoms with Gasteiger partial charge in [0.25, 0.3) is 0 Å². The first-order valence-corrected chi connectivity index (χ1v) is 10.8. The van der Waals surface area contributed by atoms with E-state index in [0.29, 0.717) is 5.92 Å². The van der Waals surface area contributed by atoms with Crippen LogP contribution in [0.4, 0.5) is 0 Å². The zero-order valence-corrected chi connectivity index (χ0v) is 16.5. The molecular formula is C19H28N4S2. The van der Waals surface area contributed by atoms with Crippen molar-refractivity contribution in [2.75, 3.05) is 33.2 Å². The van der Waals surface area contributed by atoms with Gasteiger partial charge in [-0.1, -0.05) is 12.1 Å². The number of hydrogen-bond acceptors (Lipinski definition) is 4. The molecule has 0 aliphatic carbocycles. The predicted molar refractivity (Wildman–Crippen MR) is 110 cm³/mol. The lowest BCUT2D eigenvalue weighted by Crippen LogP contribution is -2.44. The Balaban J connectivity index is 1.37. The zero-order valence-electron chi connectivity index (χ0n) is 14.9. The van der Waals surface area contributed by atoms with Crippen molar-refractivity contribution in [3.63, 3.8) is 0 Å². The van der Waals surface area contributed by atoms with Crippen LogP contribution in [0.2, 0.25) is 0 Å². The minimum atomic E-state index is 0.699. The Bertz CT molecular complexity index is 622. The average molecular weight is 377 g/mol. The number of rotatable bonds is 7. The molecule has 0 aromatic carbocycles. The molecule has 1 aliphatic rings. The molecule has 3 heterocycles. The lowest BCUT2D eigenvalue weighted by molar-refractivity contribution is 0.169. The van der Waals surface area contributed by atoms with E-state index < -0.39 is 0 Å². The Labute approximate surface area is 159 Å². The van der Waals surface area contributed by atoms with E-state index in [1.54, 1.807) is 0 Å². The van der Waals surface area contributed by atoms with E-state index in [4.69, 9.17) is 0 Å². The largest absolute Gasteiger partial charge is 0.356 e. The van der Waals surface area contributed by atoms with E-state index >= 15 is 0 Å². The minimum Gasteiger partial charge on any atom is -0.356 e. The molecule has 0 radical (unpaired) electrons.